The summed E-state index contributed by atoms with van der Waals surface area (Å²) in [5, 5.41) is 74.7. The number of phenols is 1. The highest BCUT2D eigenvalue weighted by Crippen LogP contribution is 2.31. The van der Waals surface area contributed by atoms with Crippen molar-refractivity contribution in [3.05, 3.63) is 54.1 Å². The van der Waals surface area contributed by atoms with Gasteiger partial charge in [0.2, 0.25) is 5.91 Å². The second kappa shape index (κ2) is 26.2. The lowest BCUT2D eigenvalue weighted by Crippen LogP contribution is -2.65. The minimum Gasteiger partial charge on any atom is -0.508 e. The SMILES string of the molecule is C=C(C)C(=O)OC[C@H]1O[C@@H](OC(C)CCCCCC/C=C\CCCCCCCC(=O)NCCc2ccc(O)cc2)[C@H](O[C@@H]2O[C@H](CO)[C@@H](O)[C@H](O)[C@H]2O)[C@@H](O)[C@@H]1O. The number of rotatable bonds is 26. The third kappa shape index (κ3) is 17.0. The standard InChI is InChI=1S/C42H67NO14/c1-27(2)40(52)53-26-32-35(48)37(50)39(57-41-38(51)36(49)34(47)31(25-44)55-41)42(56-32)54-28(3)17-15-13-11-9-7-5-4-6-8-10-12-14-16-18-33(46)43-24-23-29-19-21-30(45)22-20-29/h4-5,19-22,28,31-32,34-39,41-42,44-45,47-51H,1,6-18,23-26H2,2-3H3,(H,43,46)/b5-4-/t28?,31-,32-,34-,35-,36+,37+,38-,39-,41+,42-/m1/s1. The van der Waals surface area contributed by atoms with E-state index in [1.807, 2.05) is 19.1 Å². The van der Waals surface area contributed by atoms with Crippen LogP contribution in [-0.2, 0) is 39.7 Å². The Bertz CT molecular complexity index is 1340. The molecule has 0 aliphatic carbocycles. The number of aliphatic hydroxyl groups excluding tert-OH is 6. The molecular weight excluding hydrogens is 742 g/mol. The first kappa shape index (κ1) is 48.4. The van der Waals surface area contributed by atoms with E-state index >= 15 is 0 Å². The maximum Gasteiger partial charge on any atom is 0.333 e. The van der Waals surface area contributed by atoms with Gasteiger partial charge >= 0.3 is 5.97 Å². The van der Waals surface area contributed by atoms with Crippen LogP contribution in [-0.4, -0.2) is 135 Å². The fourth-order valence-corrected chi connectivity index (χ4v) is 6.67. The fraction of sp³-hybridized carbons (Fsp3) is 0.714. The zero-order valence-electron chi connectivity index (χ0n) is 33.5. The predicted molar refractivity (Wildman–Crippen MR) is 210 cm³/mol. The quantitative estimate of drug-likeness (QED) is 0.0291. The molecule has 11 atom stereocenters. The van der Waals surface area contributed by atoms with Gasteiger partial charge in [0.05, 0.1) is 12.7 Å². The van der Waals surface area contributed by atoms with E-state index in [1.54, 1.807) is 12.1 Å². The average molecular weight is 810 g/mol. The molecule has 3 rings (SSSR count). The van der Waals surface area contributed by atoms with E-state index < -0.39 is 86.7 Å². The molecule has 0 bridgehead atoms. The van der Waals surface area contributed by atoms with Crippen molar-refractivity contribution in [1.82, 2.24) is 5.32 Å². The minimum atomic E-state index is -1.76. The minimum absolute atomic E-state index is 0.0855. The van der Waals surface area contributed by atoms with Crippen LogP contribution in [0.15, 0.2) is 48.6 Å². The third-order valence-corrected chi connectivity index (χ3v) is 10.2. The van der Waals surface area contributed by atoms with Gasteiger partial charge < -0.3 is 64.7 Å². The third-order valence-electron chi connectivity index (χ3n) is 10.2. The number of unbranched alkanes of at least 4 members (excludes halogenated alkanes) is 9. The molecule has 1 aromatic carbocycles. The van der Waals surface area contributed by atoms with Gasteiger partial charge in [-0.15, -0.1) is 0 Å². The van der Waals surface area contributed by atoms with Crippen LogP contribution in [0.3, 0.4) is 0 Å². The first-order chi connectivity index (χ1) is 27.3. The highest BCUT2D eigenvalue weighted by atomic mass is 16.8. The van der Waals surface area contributed by atoms with Crippen LogP contribution >= 0.6 is 0 Å². The maximum absolute atomic E-state index is 12.1. The second-order valence-electron chi connectivity index (χ2n) is 15.2. The first-order valence-electron chi connectivity index (χ1n) is 20.5. The maximum atomic E-state index is 12.1. The van der Waals surface area contributed by atoms with E-state index in [0.717, 1.165) is 82.6 Å². The van der Waals surface area contributed by atoms with Crippen LogP contribution in [0.5, 0.6) is 5.75 Å². The summed E-state index contributed by atoms with van der Waals surface area (Å²) in [5.41, 5.74) is 1.22. The molecule has 0 spiro atoms. The summed E-state index contributed by atoms with van der Waals surface area (Å²) < 4.78 is 28.5. The van der Waals surface area contributed by atoms with Gasteiger partial charge in [-0.25, -0.2) is 4.79 Å². The molecule has 15 nitrogen and oxygen atoms in total. The molecule has 57 heavy (non-hydrogen) atoms. The van der Waals surface area contributed by atoms with Crippen molar-refractivity contribution in [2.75, 3.05) is 19.8 Å². The van der Waals surface area contributed by atoms with Gasteiger partial charge in [-0.2, -0.15) is 0 Å². The number of amides is 1. The van der Waals surface area contributed by atoms with Crippen LogP contribution in [0.1, 0.15) is 103 Å². The highest BCUT2D eigenvalue weighted by Gasteiger charge is 2.51. The number of hydrogen-bond donors (Lipinski definition) is 8. The van der Waals surface area contributed by atoms with Gasteiger partial charge in [0.1, 0.15) is 61.2 Å². The lowest BCUT2D eigenvalue weighted by molar-refractivity contribution is -0.371. The Hall–Kier alpha value is -2.96. The number of nitrogens with one attached hydrogen (secondary N) is 1. The van der Waals surface area contributed by atoms with Crippen LogP contribution in [0, 0.1) is 0 Å². The highest BCUT2D eigenvalue weighted by molar-refractivity contribution is 5.86. The number of hydrogen-bond acceptors (Lipinski definition) is 14. The number of allylic oxidation sites excluding steroid dienone is 2. The summed E-state index contributed by atoms with van der Waals surface area (Å²) in [6, 6.07) is 7.02. The Balaban J connectivity index is 1.30. The number of esters is 1. The molecule has 1 aromatic rings. The monoisotopic (exact) mass is 809 g/mol. The van der Waals surface area contributed by atoms with Gasteiger partial charge in [0.15, 0.2) is 12.6 Å². The summed E-state index contributed by atoms with van der Waals surface area (Å²) >= 11 is 0. The van der Waals surface area contributed by atoms with Crippen LogP contribution in [0.4, 0.5) is 0 Å². The summed E-state index contributed by atoms with van der Waals surface area (Å²) in [6.45, 7) is 6.32. The Kier molecular flexibility index (Phi) is 22.3. The smallest absolute Gasteiger partial charge is 0.333 e. The number of phenolic OH excluding ortho intramolecular Hbond substituents is 1. The molecule has 2 saturated heterocycles. The zero-order chi connectivity index (χ0) is 41.7. The van der Waals surface area contributed by atoms with Crippen molar-refractivity contribution >= 4 is 11.9 Å². The molecule has 1 amide bonds. The Morgan fingerprint density at radius 3 is 2.05 bits per heavy atom. The van der Waals surface area contributed by atoms with E-state index in [2.05, 4.69) is 24.0 Å². The molecule has 0 saturated carbocycles. The number of carbonyl (C=O) groups excluding carboxylic acids is 2. The molecule has 2 aliphatic rings. The normalized spacial score (nSPS) is 28.3. The van der Waals surface area contributed by atoms with Crippen molar-refractivity contribution in [1.29, 1.82) is 0 Å². The van der Waals surface area contributed by atoms with Crippen LogP contribution < -0.4 is 5.32 Å². The predicted octanol–water partition coefficient (Wildman–Crippen LogP) is 2.83. The first-order valence-corrected chi connectivity index (χ1v) is 20.5. The largest absolute Gasteiger partial charge is 0.508 e. The van der Waals surface area contributed by atoms with E-state index in [1.165, 1.54) is 6.92 Å². The summed E-state index contributed by atoms with van der Waals surface area (Å²) in [4.78, 5) is 24.1. The van der Waals surface area contributed by atoms with Gasteiger partial charge in [0.25, 0.3) is 0 Å². The van der Waals surface area contributed by atoms with E-state index in [-0.39, 0.29) is 17.2 Å². The number of benzene rings is 1. The van der Waals surface area contributed by atoms with E-state index in [9.17, 15) is 45.3 Å². The van der Waals surface area contributed by atoms with Crippen molar-refractivity contribution in [2.45, 2.75) is 171 Å². The lowest BCUT2D eigenvalue weighted by atomic mass is 9.97. The summed E-state index contributed by atoms with van der Waals surface area (Å²) in [6.07, 6.45) is 2.10. The summed E-state index contributed by atoms with van der Waals surface area (Å²) in [7, 11) is 0. The van der Waals surface area contributed by atoms with Crippen molar-refractivity contribution in [3.63, 3.8) is 0 Å². The van der Waals surface area contributed by atoms with Gasteiger partial charge in [-0.05, 0) is 76.5 Å². The van der Waals surface area contributed by atoms with Crippen molar-refractivity contribution in [2.24, 2.45) is 0 Å². The Morgan fingerprint density at radius 2 is 1.40 bits per heavy atom. The molecule has 0 aromatic heterocycles. The zero-order valence-corrected chi connectivity index (χ0v) is 33.5. The molecule has 2 fully saturated rings. The lowest BCUT2D eigenvalue weighted by Gasteiger charge is -2.46. The molecule has 0 radical (unpaired) electrons. The number of aliphatic hydroxyl groups is 6. The molecule has 2 heterocycles. The summed E-state index contributed by atoms with van der Waals surface area (Å²) in [5.74, 6) is -0.381. The van der Waals surface area contributed by atoms with Crippen LogP contribution in [0.2, 0.25) is 0 Å². The molecule has 2 aliphatic heterocycles. The fourth-order valence-electron chi connectivity index (χ4n) is 6.67. The van der Waals surface area contributed by atoms with Gasteiger partial charge in [-0.1, -0.05) is 69.4 Å². The second-order valence-corrected chi connectivity index (χ2v) is 15.2. The number of aromatic hydroxyl groups is 1. The molecule has 15 heteroatoms. The van der Waals surface area contributed by atoms with Crippen molar-refractivity contribution in [3.8, 4) is 5.75 Å². The Labute approximate surface area is 336 Å². The Morgan fingerprint density at radius 1 is 0.807 bits per heavy atom. The van der Waals surface area contributed by atoms with Crippen LogP contribution in [0.25, 0.3) is 0 Å². The van der Waals surface area contributed by atoms with E-state index in [4.69, 9.17) is 23.7 Å². The average Bonchev–Trinajstić information content (AvgIpc) is 3.19. The van der Waals surface area contributed by atoms with Gasteiger partial charge in [0, 0.05) is 18.5 Å². The molecule has 1 unspecified atom stereocenters. The van der Waals surface area contributed by atoms with Gasteiger partial charge in [-0.3, -0.25) is 4.79 Å². The molecule has 324 valence electrons. The molecule has 8 N–H and O–H groups in total. The number of carbonyl (C=O) groups is 2. The van der Waals surface area contributed by atoms with Crippen molar-refractivity contribution < 1.29 is 69.0 Å². The number of ether oxygens (including phenoxy) is 5. The topological polar surface area (TPSA) is 234 Å². The van der Waals surface area contributed by atoms with E-state index in [0.29, 0.717) is 19.4 Å². The molecular formula is C42H67NO14.